The van der Waals surface area contributed by atoms with Crippen molar-refractivity contribution in [3.8, 4) is 10.4 Å². The highest BCUT2D eigenvalue weighted by molar-refractivity contribution is 7.21. The van der Waals surface area contributed by atoms with Gasteiger partial charge in [0.2, 0.25) is 5.91 Å². The molecule has 0 radical (unpaired) electrons. The zero-order valence-corrected chi connectivity index (χ0v) is 18.2. The van der Waals surface area contributed by atoms with Crippen LogP contribution in [0.5, 0.6) is 0 Å². The van der Waals surface area contributed by atoms with E-state index >= 15 is 0 Å². The molecule has 2 heterocycles. The van der Waals surface area contributed by atoms with E-state index in [0.29, 0.717) is 13.0 Å². The Kier molecular flexibility index (Phi) is 5.77. The number of benzene rings is 2. The maximum atomic E-state index is 12.5. The number of anilines is 2. The van der Waals surface area contributed by atoms with Crippen molar-refractivity contribution in [2.45, 2.75) is 20.3 Å². The van der Waals surface area contributed by atoms with Crippen molar-refractivity contribution in [3.63, 3.8) is 0 Å². The third-order valence-corrected chi connectivity index (χ3v) is 6.15. The van der Waals surface area contributed by atoms with Crippen LogP contribution in [0, 0.1) is 13.8 Å². The van der Waals surface area contributed by atoms with Crippen LogP contribution >= 0.6 is 11.3 Å². The van der Waals surface area contributed by atoms with E-state index in [0.717, 1.165) is 32.2 Å². The Labute approximate surface area is 180 Å². The van der Waals surface area contributed by atoms with Crippen molar-refractivity contribution in [1.29, 1.82) is 0 Å². The van der Waals surface area contributed by atoms with E-state index < -0.39 is 0 Å². The summed E-state index contributed by atoms with van der Waals surface area (Å²) in [7, 11) is 1.96. The van der Waals surface area contributed by atoms with Crippen LogP contribution in [0.1, 0.15) is 17.5 Å². The fourth-order valence-corrected chi connectivity index (χ4v) is 4.43. The minimum absolute atomic E-state index is 0.00519. The van der Waals surface area contributed by atoms with Gasteiger partial charge < -0.3 is 10.2 Å². The van der Waals surface area contributed by atoms with E-state index in [-0.39, 0.29) is 5.91 Å². The fourth-order valence-electron chi connectivity index (χ4n) is 3.43. The highest BCUT2D eigenvalue weighted by Crippen LogP contribution is 2.35. The molecule has 0 atom stereocenters. The van der Waals surface area contributed by atoms with Gasteiger partial charge in [-0.3, -0.25) is 4.79 Å². The Morgan fingerprint density at radius 1 is 1.07 bits per heavy atom. The van der Waals surface area contributed by atoms with Crippen LogP contribution in [-0.4, -0.2) is 29.5 Å². The first-order valence-corrected chi connectivity index (χ1v) is 10.7. The van der Waals surface area contributed by atoms with Crippen LogP contribution in [0.4, 0.5) is 11.5 Å². The van der Waals surface area contributed by atoms with Gasteiger partial charge in [0.15, 0.2) is 0 Å². The van der Waals surface area contributed by atoms with Crippen molar-refractivity contribution < 1.29 is 4.79 Å². The summed E-state index contributed by atoms with van der Waals surface area (Å²) in [4.78, 5) is 25.5. The molecule has 0 bridgehead atoms. The fraction of sp³-hybridized carbons (Fsp3) is 0.208. The number of aromatic nitrogens is 2. The van der Waals surface area contributed by atoms with Crippen LogP contribution in [0.25, 0.3) is 20.7 Å². The molecule has 1 amide bonds. The normalized spacial score (nSPS) is 10.9. The number of nitrogens with zero attached hydrogens (tertiary/aromatic N) is 3. The van der Waals surface area contributed by atoms with Gasteiger partial charge in [-0.25, -0.2) is 9.97 Å². The van der Waals surface area contributed by atoms with E-state index in [1.165, 1.54) is 11.1 Å². The Morgan fingerprint density at radius 3 is 2.63 bits per heavy atom. The number of nitrogens with one attached hydrogen (secondary N) is 1. The highest BCUT2D eigenvalue weighted by atomic mass is 32.1. The minimum Gasteiger partial charge on any atom is -0.359 e. The van der Waals surface area contributed by atoms with E-state index in [1.54, 1.807) is 17.7 Å². The first-order chi connectivity index (χ1) is 14.5. The second-order valence-corrected chi connectivity index (χ2v) is 8.46. The number of hydrogen-bond donors (Lipinski definition) is 1. The van der Waals surface area contributed by atoms with Crippen LogP contribution in [0.2, 0.25) is 0 Å². The lowest BCUT2D eigenvalue weighted by Crippen LogP contribution is -2.25. The lowest BCUT2D eigenvalue weighted by atomic mass is 10.1. The summed E-state index contributed by atoms with van der Waals surface area (Å²) in [6.45, 7) is 4.62. The number of thiophene rings is 1. The first-order valence-electron chi connectivity index (χ1n) is 9.89. The van der Waals surface area contributed by atoms with Gasteiger partial charge in [-0.15, -0.1) is 11.3 Å². The smallest absolute Gasteiger partial charge is 0.226 e. The summed E-state index contributed by atoms with van der Waals surface area (Å²) < 4.78 is 0. The molecule has 1 N–H and O–H groups in total. The molecule has 6 heteroatoms. The summed E-state index contributed by atoms with van der Waals surface area (Å²) in [5.41, 5.74) is 4.29. The molecule has 0 aliphatic heterocycles. The third kappa shape index (κ3) is 4.33. The summed E-state index contributed by atoms with van der Waals surface area (Å²) >= 11 is 1.65. The molecule has 4 aromatic rings. The van der Waals surface area contributed by atoms with E-state index in [2.05, 4.69) is 39.6 Å². The van der Waals surface area contributed by atoms with Gasteiger partial charge >= 0.3 is 0 Å². The molecule has 0 aliphatic rings. The topological polar surface area (TPSA) is 58.1 Å². The number of amides is 1. The van der Waals surface area contributed by atoms with Gasteiger partial charge in [0.05, 0.1) is 5.39 Å². The van der Waals surface area contributed by atoms with Crippen molar-refractivity contribution in [3.05, 3.63) is 72.1 Å². The molecular weight excluding hydrogens is 392 g/mol. The molecule has 0 unspecified atom stereocenters. The Balaban J connectivity index is 1.47. The zero-order valence-electron chi connectivity index (χ0n) is 17.3. The Bertz CT molecular complexity index is 1190. The van der Waals surface area contributed by atoms with E-state index in [1.807, 2.05) is 56.1 Å². The van der Waals surface area contributed by atoms with Crippen molar-refractivity contribution in [1.82, 2.24) is 9.97 Å². The number of carbonyl (C=O) groups is 1. The molecule has 5 nitrogen and oxygen atoms in total. The standard InChI is InChI=1S/C24H24N4OS/c1-16-9-10-20(17(2)13-16)27-22(29)11-12-28(3)23-19-14-21(18-7-5-4-6-8-18)30-24(19)26-15-25-23/h4-10,13-15H,11-12H2,1-3H3,(H,27,29). The summed E-state index contributed by atoms with van der Waals surface area (Å²) in [6.07, 6.45) is 1.97. The van der Waals surface area contributed by atoms with Gasteiger partial charge in [0, 0.05) is 30.6 Å². The predicted octanol–water partition coefficient (Wildman–Crippen LogP) is 5.44. The maximum absolute atomic E-state index is 12.5. The quantitative estimate of drug-likeness (QED) is 0.455. The van der Waals surface area contributed by atoms with Gasteiger partial charge in [0.25, 0.3) is 0 Å². The van der Waals surface area contributed by atoms with Gasteiger partial charge in [-0.05, 0) is 37.1 Å². The first kappa shape index (κ1) is 20.0. The maximum Gasteiger partial charge on any atom is 0.226 e. The molecule has 152 valence electrons. The van der Waals surface area contributed by atoms with Crippen molar-refractivity contribution in [2.75, 3.05) is 23.8 Å². The summed E-state index contributed by atoms with van der Waals surface area (Å²) in [5.74, 6) is 0.840. The molecule has 0 aliphatic carbocycles. The van der Waals surface area contributed by atoms with E-state index in [4.69, 9.17) is 0 Å². The second-order valence-electron chi connectivity index (χ2n) is 7.43. The van der Waals surface area contributed by atoms with Crippen molar-refractivity contribution >= 4 is 39.0 Å². The second kappa shape index (κ2) is 8.63. The molecule has 2 aromatic carbocycles. The SMILES string of the molecule is Cc1ccc(NC(=O)CCN(C)c2ncnc3sc(-c4ccccc4)cc23)c(C)c1. The average Bonchev–Trinajstić information content (AvgIpc) is 3.19. The average molecular weight is 417 g/mol. The number of aryl methyl sites for hydroxylation is 2. The molecule has 30 heavy (non-hydrogen) atoms. The number of hydrogen-bond acceptors (Lipinski definition) is 5. The van der Waals surface area contributed by atoms with Gasteiger partial charge in [0.1, 0.15) is 17.0 Å². The molecule has 4 rings (SSSR count). The molecule has 0 saturated heterocycles. The predicted molar refractivity (Wildman–Crippen MR) is 125 cm³/mol. The largest absolute Gasteiger partial charge is 0.359 e. The van der Waals surface area contributed by atoms with Crippen LogP contribution < -0.4 is 10.2 Å². The lowest BCUT2D eigenvalue weighted by Gasteiger charge is -2.18. The number of fused-ring (bicyclic) bond motifs is 1. The van der Waals surface area contributed by atoms with Gasteiger partial charge in [-0.2, -0.15) is 0 Å². The minimum atomic E-state index is -0.00519. The lowest BCUT2D eigenvalue weighted by molar-refractivity contribution is -0.116. The molecule has 0 saturated carbocycles. The molecule has 2 aromatic heterocycles. The van der Waals surface area contributed by atoms with E-state index in [9.17, 15) is 4.79 Å². The Morgan fingerprint density at radius 2 is 1.87 bits per heavy atom. The molecule has 0 spiro atoms. The zero-order chi connectivity index (χ0) is 21.1. The summed E-state index contributed by atoms with van der Waals surface area (Å²) in [6, 6.07) is 18.4. The number of carbonyl (C=O) groups excluding carboxylic acids is 1. The van der Waals surface area contributed by atoms with Crippen LogP contribution in [0.15, 0.2) is 60.9 Å². The van der Waals surface area contributed by atoms with Crippen LogP contribution in [-0.2, 0) is 4.79 Å². The summed E-state index contributed by atoms with van der Waals surface area (Å²) in [5, 5.41) is 4.02. The molecule has 0 fully saturated rings. The van der Waals surface area contributed by atoms with Gasteiger partial charge in [-0.1, -0.05) is 48.0 Å². The third-order valence-electron chi connectivity index (χ3n) is 5.06. The Hall–Kier alpha value is -3.25. The number of rotatable bonds is 6. The highest BCUT2D eigenvalue weighted by Gasteiger charge is 2.14. The van der Waals surface area contributed by atoms with Crippen LogP contribution in [0.3, 0.4) is 0 Å². The van der Waals surface area contributed by atoms with Crippen molar-refractivity contribution in [2.24, 2.45) is 0 Å². The monoisotopic (exact) mass is 416 g/mol. The molecular formula is C24H24N4OS.